The van der Waals surface area contributed by atoms with Crippen molar-refractivity contribution in [2.75, 3.05) is 5.73 Å². The average molecular weight is 472 g/mol. The summed E-state index contributed by atoms with van der Waals surface area (Å²) in [6.07, 6.45) is 0. The molecule has 0 aliphatic rings. The minimum atomic E-state index is 0.485. The van der Waals surface area contributed by atoms with Gasteiger partial charge in [0.2, 0.25) is 0 Å². The van der Waals surface area contributed by atoms with Crippen LogP contribution in [0.5, 0.6) is 0 Å². The third-order valence-electron chi connectivity index (χ3n) is 3.06. The molecule has 6 heteroatoms. The van der Waals surface area contributed by atoms with Crippen LogP contribution in [0.3, 0.4) is 0 Å². The fraction of sp³-hybridized carbons (Fsp3) is 0. The Labute approximate surface area is 147 Å². The number of halogens is 3. The van der Waals surface area contributed by atoms with Crippen molar-refractivity contribution in [1.82, 2.24) is 10.2 Å². The van der Waals surface area contributed by atoms with Gasteiger partial charge in [-0.1, -0.05) is 59.9 Å². The maximum atomic E-state index is 6.06. The highest BCUT2D eigenvalue weighted by molar-refractivity contribution is 9.11. The highest BCUT2D eigenvalue weighted by atomic mass is 79.9. The van der Waals surface area contributed by atoms with Crippen LogP contribution >= 0.6 is 47.8 Å². The van der Waals surface area contributed by atoms with Crippen molar-refractivity contribution in [3.8, 4) is 22.4 Å². The van der Waals surface area contributed by atoms with Crippen LogP contribution in [0, 0.1) is 0 Å². The number of nitrogens with two attached hydrogens (primary N) is 1. The Morgan fingerprint density at radius 3 is 2.19 bits per heavy atom. The molecule has 0 unspecified atom stereocenters. The molecule has 106 valence electrons. The number of nitrogens with zero attached hydrogens (tertiary/aromatic N) is 1. The quantitative estimate of drug-likeness (QED) is 0.510. The Morgan fingerprint density at radius 1 is 0.857 bits per heavy atom. The normalized spacial score (nSPS) is 10.8. The van der Waals surface area contributed by atoms with Gasteiger partial charge < -0.3 is 5.73 Å². The van der Waals surface area contributed by atoms with Crippen LogP contribution in [0.1, 0.15) is 0 Å². The molecule has 0 bridgehead atoms. The fourth-order valence-electron chi connectivity index (χ4n) is 2.20. The molecule has 1 aromatic heterocycles. The molecule has 0 aliphatic carbocycles. The van der Waals surface area contributed by atoms with E-state index in [0.29, 0.717) is 5.82 Å². The van der Waals surface area contributed by atoms with Crippen LogP contribution in [0.2, 0.25) is 0 Å². The molecule has 3 rings (SSSR count). The second-order valence-electron chi connectivity index (χ2n) is 4.53. The van der Waals surface area contributed by atoms with Crippen molar-refractivity contribution in [2.45, 2.75) is 0 Å². The predicted octanol–water partition coefficient (Wildman–Crippen LogP) is 5.61. The summed E-state index contributed by atoms with van der Waals surface area (Å²) in [4.78, 5) is 0. The summed E-state index contributed by atoms with van der Waals surface area (Å²) in [5, 5.41) is 7.20. The van der Waals surface area contributed by atoms with Gasteiger partial charge in [-0.3, -0.25) is 5.10 Å². The Morgan fingerprint density at radius 2 is 1.52 bits per heavy atom. The summed E-state index contributed by atoms with van der Waals surface area (Å²) in [7, 11) is 0. The molecule has 0 radical (unpaired) electrons. The van der Waals surface area contributed by atoms with Crippen molar-refractivity contribution in [1.29, 1.82) is 0 Å². The number of rotatable bonds is 2. The molecule has 3 aromatic rings. The number of aromatic amines is 1. The first-order valence-electron chi connectivity index (χ1n) is 6.11. The number of H-pyrrole nitrogens is 1. The van der Waals surface area contributed by atoms with E-state index in [1.807, 2.05) is 42.5 Å². The zero-order chi connectivity index (χ0) is 15.0. The van der Waals surface area contributed by atoms with Crippen LogP contribution in [0.15, 0.2) is 55.9 Å². The number of hydrogen-bond donors (Lipinski definition) is 2. The third-order valence-corrected chi connectivity index (χ3v) is 4.47. The van der Waals surface area contributed by atoms with E-state index >= 15 is 0 Å². The van der Waals surface area contributed by atoms with Crippen molar-refractivity contribution >= 4 is 53.6 Å². The SMILES string of the molecule is Nc1n[nH]c(-c2cc(Br)cc(Br)c2)c1-c1cccc(Br)c1. The van der Waals surface area contributed by atoms with E-state index in [2.05, 4.69) is 58.0 Å². The highest BCUT2D eigenvalue weighted by Crippen LogP contribution is 2.37. The second kappa shape index (κ2) is 5.94. The summed E-state index contributed by atoms with van der Waals surface area (Å²) in [5.74, 6) is 0.485. The standard InChI is InChI=1S/C15H10Br3N3/c16-10-3-1-2-8(4-10)13-14(20-21-15(13)19)9-5-11(17)7-12(18)6-9/h1-7H,(H3,19,20,21). The van der Waals surface area contributed by atoms with Gasteiger partial charge in [-0.15, -0.1) is 0 Å². The maximum absolute atomic E-state index is 6.06. The zero-order valence-electron chi connectivity index (χ0n) is 10.7. The monoisotopic (exact) mass is 469 g/mol. The molecule has 21 heavy (non-hydrogen) atoms. The van der Waals surface area contributed by atoms with Crippen LogP contribution in [0.25, 0.3) is 22.4 Å². The molecule has 0 aliphatic heterocycles. The van der Waals surface area contributed by atoms with E-state index in [-0.39, 0.29) is 0 Å². The zero-order valence-corrected chi connectivity index (χ0v) is 15.5. The van der Waals surface area contributed by atoms with Crippen molar-refractivity contribution in [3.05, 3.63) is 55.9 Å². The van der Waals surface area contributed by atoms with Crippen molar-refractivity contribution < 1.29 is 0 Å². The first-order chi connectivity index (χ1) is 10.0. The van der Waals surface area contributed by atoms with E-state index in [1.165, 1.54) is 0 Å². The second-order valence-corrected chi connectivity index (χ2v) is 7.27. The van der Waals surface area contributed by atoms with Gasteiger partial charge in [-0.05, 0) is 35.9 Å². The number of benzene rings is 2. The van der Waals surface area contributed by atoms with Gasteiger partial charge in [-0.2, -0.15) is 5.10 Å². The summed E-state index contributed by atoms with van der Waals surface area (Å²) < 4.78 is 2.97. The minimum Gasteiger partial charge on any atom is -0.382 e. The van der Waals surface area contributed by atoms with Crippen LogP contribution in [-0.4, -0.2) is 10.2 Å². The average Bonchev–Trinajstić information content (AvgIpc) is 2.79. The molecule has 0 saturated carbocycles. The Balaban J connectivity index is 2.21. The predicted molar refractivity (Wildman–Crippen MR) is 97.0 cm³/mol. The Kier molecular flexibility index (Phi) is 4.19. The number of anilines is 1. The van der Waals surface area contributed by atoms with Gasteiger partial charge in [0, 0.05) is 19.0 Å². The van der Waals surface area contributed by atoms with E-state index in [1.54, 1.807) is 0 Å². The van der Waals surface area contributed by atoms with E-state index in [9.17, 15) is 0 Å². The lowest BCUT2D eigenvalue weighted by atomic mass is 10.0. The topological polar surface area (TPSA) is 54.7 Å². The molecule has 3 nitrogen and oxygen atoms in total. The summed E-state index contributed by atoms with van der Waals surface area (Å²) in [6.45, 7) is 0. The minimum absolute atomic E-state index is 0.485. The Hall–Kier alpha value is -1.11. The summed E-state index contributed by atoms with van der Waals surface area (Å²) >= 11 is 10.5. The lowest BCUT2D eigenvalue weighted by Crippen LogP contribution is -1.89. The lowest BCUT2D eigenvalue weighted by molar-refractivity contribution is 1.10. The van der Waals surface area contributed by atoms with Gasteiger partial charge in [0.25, 0.3) is 0 Å². The third kappa shape index (κ3) is 3.07. The molecule has 0 spiro atoms. The van der Waals surface area contributed by atoms with Crippen LogP contribution in [0.4, 0.5) is 5.82 Å². The molecule has 3 N–H and O–H groups in total. The maximum Gasteiger partial charge on any atom is 0.153 e. The largest absolute Gasteiger partial charge is 0.382 e. The Bertz CT molecular complexity index is 791. The molecule has 0 atom stereocenters. The van der Waals surface area contributed by atoms with Crippen LogP contribution < -0.4 is 5.73 Å². The first kappa shape index (κ1) is 14.8. The molecular formula is C15H10Br3N3. The lowest BCUT2D eigenvalue weighted by Gasteiger charge is -2.07. The molecule has 1 heterocycles. The molecule has 0 saturated heterocycles. The number of hydrogen-bond acceptors (Lipinski definition) is 2. The van der Waals surface area contributed by atoms with E-state index in [0.717, 1.165) is 35.8 Å². The summed E-state index contributed by atoms with van der Waals surface area (Å²) in [5.41, 5.74) is 9.88. The smallest absolute Gasteiger partial charge is 0.153 e. The number of aromatic nitrogens is 2. The van der Waals surface area contributed by atoms with Gasteiger partial charge in [-0.25, -0.2) is 0 Å². The van der Waals surface area contributed by atoms with Gasteiger partial charge in [0.1, 0.15) is 0 Å². The number of nitrogen functional groups attached to an aromatic ring is 1. The molecular weight excluding hydrogens is 462 g/mol. The van der Waals surface area contributed by atoms with E-state index in [4.69, 9.17) is 5.73 Å². The highest BCUT2D eigenvalue weighted by Gasteiger charge is 2.15. The first-order valence-corrected chi connectivity index (χ1v) is 8.49. The fourth-order valence-corrected chi connectivity index (χ4v) is 3.89. The summed E-state index contributed by atoms with van der Waals surface area (Å²) in [6, 6.07) is 14.0. The van der Waals surface area contributed by atoms with Crippen molar-refractivity contribution in [2.24, 2.45) is 0 Å². The van der Waals surface area contributed by atoms with Gasteiger partial charge in [0.15, 0.2) is 5.82 Å². The molecule has 0 fully saturated rings. The molecule has 2 aromatic carbocycles. The van der Waals surface area contributed by atoms with Gasteiger partial charge >= 0.3 is 0 Å². The van der Waals surface area contributed by atoms with Gasteiger partial charge in [0.05, 0.1) is 11.3 Å². The number of nitrogens with one attached hydrogen (secondary N) is 1. The van der Waals surface area contributed by atoms with Crippen molar-refractivity contribution in [3.63, 3.8) is 0 Å². The molecule has 0 amide bonds. The van der Waals surface area contributed by atoms with Crippen LogP contribution in [-0.2, 0) is 0 Å². The van der Waals surface area contributed by atoms with E-state index < -0.39 is 0 Å².